The van der Waals surface area contributed by atoms with Gasteiger partial charge in [0, 0.05) is 6.54 Å². The SMILES string of the molecule is CC1(C(=O)O)CCCN1CC1CNC(=O)O1. The van der Waals surface area contributed by atoms with Gasteiger partial charge in [-0.2, -0.15) is 0 Å². The van der Waals surface area contributed by atoms with Gasteiger partial charge in [0.15, 0.2) is 0 Å². The van der Waals surface area contributed by atoms with Crippen LogP contribution in [0.5, 0.6) is 0 Å². The van der Waals surface area contributed by atoms with E-state index in [1.165, 1.54) is 0 Å². The molecule has 0 aromatic rings. The molecule has 0 saturated carbocycles. The van der Waals surface area contributed by atoms with E-state index < -0.39 is 17.6 Å². The summed E-state index contributed by atoms with van der Waals surface area (Å²) in [6.07, 6.45) is 0.873. The normalized spacial score (nSPS) is 34.8. The molecule has 2 rings (SSSR count). The second-order valence-electron chi connectivity index (χ2n) is 4.54. The smallest absolute Gasteiger partial charge is 0.407 e. The van der Waals surface area contributed by atoms with E-state index in [2.05, 4.69) is 5.32 Å². The predicted molar refractivity (Wildman–Crippen MR) is 55.1 cm³/mol. The Bertz CT molecular complexity index is 320. The van der Waals surface area contributed by atoms with Crippen LogP contribution in [0.2, 0.25) is 0 Å². The van der Waals surface area contributed by atoms with E-state index in [0.717, 1.165) is 13.0 Å². The highest BCUT2D eigenvalue weighted by Crippen LogP contribution is 2.29. The van der Waals surface area contributed by atoms with Crippen LogP contribution in [0.1, 0.15) is 19.8 Å². The third-order valence-electron chi connectivity index (χ3n) is 3.42. The molecule has 2 unspecified atom stereocenters. The van der Waals surface area contributed by atoms with Crippen molar-refractivity contribution >= 4 is 12.1 Å². The molecule has 6 nitrogen and oxygen atoms in total. The van der Waals surface area contributed by atoms with Gasteiger partial charge in [-0.1, -0.05) is 0 Å². The summed E-state index contributed by atoms with van der Waals surface area (Å²) in [6.45, 7) is 3.43. The van der Waals surface area contributed by atoms with Crippen LogP contribution in [-0.4, -0.2) is 53.3 Å². The maximum atomic E-state index is 11.2. The first-order valence-corrected chi connectivity index (χ1v) is 5.45. The summed E-state index contributed by atoms with van der Waals surface area (Å²) in [6, 6.07) is 0. The molecule has 1 amide bonds. The molecule has 0 radical (unpaired) electrons. The van der Waals surface area contributed by atoms with Gasteiger partial charge >= 0.3 is 12.1 Å². The third-order valence-corrected chi connectivity index (χ3v) is 3.42. The Morgan fingerprint density at radius 2 is 2.50 bits per heavy atom. The Morgan fingerprint density at radius 3 is 3.06 bits per heavy atom. The zero-order chi connectivity index (χ0) is 11.8. The zero-order valence-electron chi connectivity index (χ0n) is 9.23. The molecule has 6 heteroatoms. The van der Waals surface area contributed by atoms with Crippen molar-refractivity contribution in [3.8, 4) is 0 Å². The summed E-state index contributed by atoms with van der Waals surface area (Å²) < 4.78 is 5.01. The summed E-state index contributed by atoms with van der Waals surface area (Å²) in [7, 11) is 0. The number of hydrogen-bond acceptors (Lipinski definition) is 4. The fourth-order valence-electron chi connectivity index (χ4n) is 2.33. The number of aliphatic carboxylic acids is 1. The molecule has 2 aliphatic rings. The van der Waals surface area contributed by atoms with Crippen molar-refractivity contribution in [1.29, 1.82) is 0 Å². The summed E-state index contributed by atoms with van der Waals surface area (Å²) >= 11 is 0. The maximum absolute atomic E-state index is 11.2. The Kier molecular flexibility index (Phi) is 2.75. The van der Waals surface area contributed by atoms with Crippen LogP contribution in [0, 0.1) is 0 Å². The third kappa shape index (κ3) is 1.84. The van der Waals surface area contributed by atoms with Gasteiger partial charge in [0.2, 0.25) is 0 Å². The first-order valence-electron chi connectivity index (χ1n) is 5.45. The molecule has 0 aromatic carbocycles. The molecule has 2 aliphatic heterocycles. The molecule has 90 valence electrons. The van der Waals surface area contributed by atoms with E-state index >= 15 is 0 Å². The standard InChI is InChI=1S/C10H16N2O4/c1-10(8(13)14)3-2-4-12(10)6-7-5-11-9(15)16-7/h7H,2-6H2,1H3,(H,11,15)(H,13,14). The lowest BCUT2D eigenvalue weighted by molar-refractivity contribution is -0.149. The van der Waals surface area contributed by atoms with Crippen LogP contribution >= 0.6 is 0 Å². The Hall–Kier alpha value is -1.30. The molecular weight excluding hydrogens is 212 g/mol. The molecule has 2 N–H and O–H groups in total. The van der Waals surface area contributed by atoms with Crippen molar-refractivity contribution in [3.63, 3.8) is 0 Å². The first-order chi connectivity index (χ1) is 7.52. The highest BCUT2D eigenvalue weighted by molar-refractivity contribution is 5.78. The number of carboxylic acid groups (broad SMARTS) is 1. The van der Waals surface area contributed by atoms with Crippen LogP contribution in [0.3, 0.4) is 0 Å². The fraction of sp³-hybridized carbons (Fsp3) is 0.800. The maximum Gasteiger partial charge on any atom is 0.407 e. The average molecular weight is 228 g/mol. The molecule has 0 aromatic heterocycles. The molecule has 0 aliphatic carbocycles. The number of nitrogens with zero attached hydrogens (tertiary/aromatic N) is 1. The summed E-state index contributed by atoms with van der Waals surface area (Å²) in [4.78, 5) is 24.0. The van der Waals surface area contributed by atoms with Crippen LogP contribution in [0.4, 0.5) is 4.79 Å². The van der Waals surface area contributed by atoms with Crippen molar-refractivity contribution < 1.29 is 19.4 Å². The van der Waals surface area contributed by atoms with Crippen LogP contribution < -0.4 is 5.32 Å². The molecule has 2 atom stereocenters. The number of rotatable bonds is 3. The number of carbonyl (C=O) groups is 2. The van der Waals surface area contributed by atoms with Crippen molar-refractivity contribution in [2.45, 2.75) is 31.4 Å². The minimum Gasteiger partial charge on any atom is -0.480 e. The topological polar surface area (TPSA) is 78.9 Å². The van der Waals surface area contributed by atoms with Gasteiger partial charge in [0.05, 0.1) is 6.54 Å². The lowest BCUT2D eigenvalue weighted by Crippen LogP contribution is -2.50. The van der Waals surface area contributed by atoms with E-state index in [4.69, 9.17) is 4.74 Å². The zero-order valence-corrected chi connectivity index (χ0v) is 9.23. The number of carbonyl (C=O) groups excluding carboxylic acids is 1. The monoisotopic (exact) mass is 228 g/mol. The van der Waals surface area contributed by atoms with Gasteiger partial charge in [0.1, 0.15) is 11.6 Å². The molecular formula is C10H16N2O4. The van der Waals surface area contributed by atoms with Crippen LogP contribution in [0.15, 0.2) is 0 Å². The highest BCUT2D eigenvalue weighted by atomic mass is 16.6. The fourth-order valence-corrected chi connectivity index (χ4v) is 2.33. The molecule has 16 heavy (non-hydrogen) atoms. The van der Waals surface area contributed by atoms with Gasteiger partial charge in [-0.25, -0.2) is 4.79 Å². The van der Waals surface area contributed by atoms with Gasteiger partial charge < -0.3 is 15.2 Å². The van der Waals surface area contributed by atoms with E-state index in [-0.39, 0.29) is 6.10 Å². The summed E-state index contributed by atoms with van der Waals surface area (Å²) in [5.41, 5.74) is -0.811. The van der Waals surface area contributed by atoms with E-state index in [1.807, 2.05) is 4.90 Å². The molecule has 0 spiro atoms. The Balaban J connectivity index is 1.99. The van der Waals surface area contributed by atoms with Gasteiger partial charge in [0.25, 0.3) is 0 Å². The van der Waals surface area contributed by atoms with Gasteiger partial charge in [-0.15, -0.1) is 0 Å². The van der Waals surface area contributed by atoms with Gasteiger partial charge in [-0.3, -0.25) is 9.69 Å². The highest BCUT2D eigenvalue weighted by Gasteiger charge is 2.44. The first kappa shape index (κ1) is 11.2. The second kappa shape index (κ2) is 3.93. The molecule has 2 saturated heterocycles. The number of nitrogens with one attached hydrogen (secondary N) is 1. The van der Waals surface area contributed by atoms with Crippen LogP contribution in [0.25, 0.3) is 0 Å². The van der Waals surface area contributed by atoms with Crippen molar-refractivity contribution in [3.05, 3.63) is 0 Å². The Labute approximate surface area is 93.6 Å². The lowest BCUT2D eigenvalue weighted by atomic mass is 9.99. The van der Waals surface area contributed by atoms with Crippen molar-refractivity contribution in [2.75, 3.05) is 19.6 Å². The van der Waals surface area contributed by atoms with Gasteiger partial charge in [-0.05, 0) is 26.3 Å². The molecule has 2 heterocycles. The number of ether oxygens (including phenoxy) is 1. The van der Waals surface area contributed by atoms with Crippen molar-refractivity contribution in [2.24, 2.45) is 0 Å². The quantitative estimate of drug-likeness (QED) is 0.712. The average Bonchev–Trinajstić information content (AvgIpc) is 2.76. The largest absolute Gasteiger partial charge is 0.480 e. The summed E-state index contributed by atoms with van der Waals surface area (Å²) in [5.74, 6) is -0.803. The minimum absolute atomic E-state index is 0.232. The Morgan fingerprint density at radius 1 is 1.75 bits per heavy atom. The number of alkyl carbamates (subject to hydrolysis) is 1. The number of cyclic esters (lactones) is 1. The number of amides is 1. The molecule has 2 fully saturated rings. The van der Waals surface area contributed by atoms with Crippen molar-refractivity contribution in [1.82, 2.24) is 10.2 Å². The lowest BCUT2D eigenvalue weighted by Gasteiger charge is -2.32. The van der Waals surface area contributed by atoms with E-state index in [1.54, 1.807) is 6.92 Å². The minimum atomic E-state index is -0.811. The van der Waals surface area contributed by atoms with E-state index in [0.29, 0.717) is 19.5 Å². The van der Waals surface area contributed by atoms with Crippen LogP contribution in [-0.2, 0) is 9.53 Å². The number of carboxylic acids is 1. The number of likely N-dealkylation sites (tertiary alicyclic amines) is 1. The predicted octanol–water partition coefficient (Wildman–Crippen LogP) is 0.0339. The number of hydrogen-bond donors (Lipinski definition) is 2. The summed E-state index contributed by atoms with van der Waals surface area (Å²) in [5, 5.41) is 11.8. The van der Waals surface area contributed by atoms with E-state index in [9.17, 15) is 14.7 Å². The molecule has 0 bridgehead atoms. The second-order valence-corrected chi connectivity index (χ2v) is 4.54.